The van der Waals surface area contributed by atoms with Crippen molar-refractivity contribution < 1.29 is 39.2 Å². The molecule has 4 N–H and O–H groups in total. The molecule has 6 atom stereocenters. The fourth-order valence-corrected chi connectivity index (χ4v) is 6.02. The fraction of sp³-hybridized carbons (Fsp3) is 0.718. The molecule has 1 aliphatic heterocycles. The topological polar surface area (TPSA) is 146 Å². The van der Waals surface area contributed by atoms with Crippen molar-refractivity contribution in [2.45, 2.75) is 161 Å². The highest BCUT2D eigenvalue weighted by Crippen LogP contribution is 2.21. The van der Waals surface area contributed by atoms with Crippen LogP contribution in [-0.2, 0) is 30.4 Å². The number of nitrogens with one attached hydrogen (secondary N) is 1. The van der Waals surface area contributed by atoms with Gasteiger partial charge in [0, 0.05) is 20.1 Å². The summed E-state index contributed by atoms with van der Waals surface area (Å²) in [6.07, 6.45) is 10.0. The molecule has 278 valence electrons. The Bertz CT molecular complexity index is 1120. The average molecular weight is 689 g/mol. The van der Waals surface area contributed by atoms with Crippen molar-refractivity contribution in [1.29, 1.82) is 0 Å². The van der Waals surface area contributed by atoms with E-state index in [4.69, 9.17) is 9.47 Å². The summed E-state index contributed by atoms with van der Waals surface area (Å²) in [4.78, 5) is 41.5. The summed E-state index contributed by atoms with van der Waals surface area (Å²) in [5.74, 6) is -1.43. The Morgan fingerprint density at radius 1 is 0.918 bits per heavy atom. The van der Waals surface area contributed by atoms with Gasteiger partial charge in [0.05, 0.1) is 6.54 Å². The number of unbranched alkanes of at least 4 members (excludes halogenated alkanes) is 10. The van der Waals surface area contributed by atoms with Gasteiger partial charge < -0.3 is 35.0 Å². The number of rotatable bonds is 22. The molecule has 49 heavy (non-hydrogen) atoms. The molecular weight excluding hydrogens is 624 g/mol. The molecule has 10 nitrogen and oxygen atoms in total. The molecule has 0 saturated carbocycles. The third-order valence-electron chi connectivity index (χ3n) is 8.94. The quantitative estimate of drug-likeness (QED) is 0.0700. The van der Waals surface area contributed by atoms with Crippen molar-refractivity contribution in [2.24, 2.45) is 5.41 Å². The molecule has 0 spiro atoms. The zero-order valence-electron chi connectivity index (χ0n) is 30.6. The minimum absolute atomic E-state index is 0.186. The van der Waals surface area contributed by atoms with Crippen LogP contribution in [-0.4, -0.2) is 88.2 Å². The number of allylic oxidation sites excluding steroid dienone is 1. The first-order chi connectivity index (χ1) is 23.4. The lowest BCUT2D eigenvalue weighted by Crippen LogP contribution is -2.55. The highest BCUT2D eigenvalue weighted by atomic mass is 16.5. The van der Waals surface area contributed by atoms with Crippen LogP contribution in [0.2, 0.25) is 0 Å². The maximum Gasteiger partial charge on any atom is 0.306 e. The van der Waals surface area contributed by atoms with Crippen LogP contribution in [0.3, 0.4) is 0 Å². The number of carbonyl (C=O) groups is 3. The van der Waals surface area contributed by atoms with Crippen LogP contribution in [0.1, 0.15) is 123 Å². The lowest BCUT2D eigenvalue weighted by Gasteiger charge is -2.29. The van der Waals surface area contributed by atoms with Gasteiger partial charge in [0.1, 0.15) is 30.5 Å². The van der Waals surface area contributed by atoms with E-state index in [-0.39, 0.29) is 36.8 Å². The fourth-order valence-electron chi connectivity index (χ4n) is 6.02. The maximum atomic E-state index is 13.8. The van der Waals surface area contributed by atoms with Gasteiger partial charge in [-0.3, -0.25) is 14.4 Å². The molecule has 0 aliphatic carbocycles. The minimum atomic E-state index is -1.77. The maximum absolute atomic E-state index is 13.8. The molecule has 2 amide bonds. The zero-order valence-corrected chi connectivity index (χ0v) is 30.6. The molecule has 0 unspecified atom stereocenters. The van der Waals surface area contributed by atoms with E-state index in [1.165, 1.54) is 64.6 Å². The molecule has 2 rings (SSSR count). The van der Waals surface area contributed by atoms with Crippen molar-refractivity contribution in [2.75, 3.05) is 13.7 Å². The monoisotopic (exact) mass is 688 g/mol. The lowest BCUT2D eigenvalue weighted by molar-refractivity contribution is -0.152. The Balaban J connectivity index is 1.97. The second kappa shape index (κ2) is 22.8. The van der Waals surface area contributed by atoms with E-state index < -0.39 is 42.5 Å². The smallest absolute Gasteiger partial charge is 0.306 e. The molecule has 0 aromatic heterocycles. The Morgan fingerprint density at radius 3 is 2.08 bits per heavy atom. The second-order valence-corrected chi connectivity index (χ2v) is 14.6. The van der Waals surface area contributed by atoms with E-state index in [9.17, 15) is 29.7 Å². The number of methoxy groups -OCH3 is 1. The first-order valence-electron chi connectivity index (χ1n) is 18.4. The van der Waals surface area contributed by atoms with Gasteiger partial charge in [0.2, 0.25) is 5.91 Å². The number of nitrogens with zero attached hydrogens (tertiary/aromatic N) is 1. The van der Waals surface area contributed by atoms with Crippen molar-refractivity contribution >= 4 is 17.8 Å². The average Bonchev–Trinajstić information content (AvgIpc) is 3.20. The Morgan fingerprint density at radius 2 is 1.51 bits per heavy atom. The summed E-state index contributed by atoms with van der Waals surface area (Å²) in [7, 11) is 1.21. The number of aliphatic hydroxyl groups excluding tert-OH is 3. The van der Waals surface area contributed by atoms with E-state index in [0.717, 1.165) is 24.8 Å². The van der Waals surface area contributed by atoms with Gasteiger partial charge >= 0.3 is 5.97 Å². The molecule has 1 heterocycles. The van der Waals surface area contributed by atoms with Crippen LogP contribution in [0.5, 0.6) is 0 Å². The molecule has 10 heteroatoms. The summed E-state index contributed by atoms with van der Waals surface area (Å²) in [6, 6.07) is 8.47. The summed E-state index contributed by atoms with van der Waals surface area (Å²) in [5.41, 5.74) is 0.619. The number of ether oxygens (including phenoxy) is 2. The van der Waals surface area contributed by atoms with Crippen LogP contribution in [0.4, 0.5) is 0 Å². The lowest BCUT2D eigenvalue weighted by atomic mass is 9.94. The van der Waals surface area contributed by atoms with Crippen LogP contribution >= 0.6 is 0 Å². The van der Waals surface area contributed by atoms with Gasteiger partial charge in [-0.2, -0.15) is 0 Å². The Labute approximate surface area is 294 Å². The molecule has 1 aliphatic rings. The zero-order chi connectivity index (χ0) is 36.2. The minimum Gasteiger partial charge on any atom is -0.460 e. The van der Waals surface area contributed by atoms with Crippen LogP contribution in [0.25, 0.3) is 0 Å². The number of aliphatic hydroxyl groups is 3. The predicted molar refractivity (Wildman–Crippen MR) is 191 cm³/mol. The van der Waals surface area contributed by atoms with E-state index >= 15 is 0 Å². The number of carbonyl (C=O) groups excluding carboxylic acids is 3. The van der Waals surface area contributed by atoms with Crippen LogP contribution in [0, 0.1) is 5.41 Å². The van der Waals surface area contributed by atoms with Gasteiger partial charge in [-0.1, -0.05) is 134 Å². The van der Waals surface area contributed by atoms with Gasteiger partial charge in [-0.15, -0.1) is 0 Å². The van der Waals surface area contributed by atoms with Crippen LogP contribution < -0.4 is 5.32 Å². The molecule has 1 saturated heterocycles. The van der Waals surface area contributed by atoms with Gasteiger partial charge in [0.15, 0.2) is 6.10 Å². The van der Waals surface area contributed by atoms with Crippen molar-refractivity contribution in [3.8, 4) is 0 Å². The number of hydrogen-bond donors (Lipinski definition) is 4. The summed E-state index contributed by atoms with van der Waals surface area (Å²) < 4.78 is 11.1. The summed E-state index contributed by atoms with van der Waals surface area (Å²) in [5, 5.41) is 34.5. The summed E-state index contributed by atoms with van der Waals surface area (Å²) >= 11 is 0. The summed E-state index contributed by atoms with van der Waals surface area (Å²) in [6.45, 7) is 8.43. The number of benzene rings is 1. The first kappa shape index (κ1) is 42.4. The van der Waals surface area contributed by atoms with Gasteiger partial charge in [-0.05, 0) is 30.2 Å². The first-order valence-corrected chi connectivity index (χ1v) is 18.4. The molecule has 0 bridgehead atoms. The molecule has 1 aromatic carbocycles. The number of likely N-dealkylation sites (tertiary alicyclic amines) is 1. The van der Waals surface area contributed by atoms with E-state index in [1.807, 2.05) is 51.1 Å². The van der Waals surface area contributed by atoms with E-state index in [0.29, 0.717) is 12.8 Å². The Kier molecular flexibility index (Phi) is 19.7. The normalized spacial score (nSPS) is 19.7. The molecule has 1 fully saturated rings. The third-order valence-corrected chi connectivity index (χ3v) is 8.94. The largest absolute Gasteiger partial charge is 0.460 e. The molecule has 1 aromatic rings. The Hall–Kier alpha value is -2.79. The highest BCUT2D eigenvalue weighted by molar-refractivity contribution is 5.90. The van der Waals surface area contributed by atoms with Gasteiger partial charge in [-0.25, -0.2) is 0 Å². The van der Waals surface area contributed by atoms with E-state index in [2.05, 4.69) is 12.2 Å². The van der Waals surface area contributed by atoms with Gasteiger partial charge in [0.25, 0.3) is 5.91 Å². The SMILES string of the molecule is CCCCCCCCCCCCCC(=O)O[C@@H]1CC[C@H](NC(=O)[C@H](OC)[C@H](O)[C@@H](O)[C@H](O)C=CC(C)(C)C)C(=O)N(Cc2ccccc2)C1. The molecule has 0 radical (unpaired) electrons. The predicted octanol–water partition coefficient (Wildman–Crippen LogP) is 5.61. The van der Waals surface area contributed by atoms with Crippen molar-refractivity contribution in [3.05, 3.63) is 48.0 Å². The standard InChI is InChI=1S/C39H64N2O8/c1-6-7-8-9-10-11-12-13-14-15-19-22-33(43)49-30-23-24-31(38(47)41(28-30)27-29-20-17-16-18-21-29)40-37(46)36(48-5)35(45)34(44)32(42)25-26-39(2,3)4/h16-18,20-21,25-26,30-32,34-36,42,44-45H,6-15,19,22-24,27-28H2,1-5H3,(H,40,46)/t30-,31+,32-,34+,35-,36-/m1/s1. The van der Waals surface area contributed by atoms with Crippen molar-refractivity contribution in [1.82, 2.24) is 10.2 Å². The van der Waals surface area contributed by atoms with Crippen LogP contribution in [0.15, 0.2) is 42.5 Å². The van der Waals surface area contributed by atoms with E-state index in [1.54, 1.807) is 11.0 Å². The number of esters is 1. The third kappa shape index (κ3) is 16.6. The van der Waals surface area contributed by atoms with Crippen molar-refractivity contribution in [3.63, 3.8) is 0 Å². The number of amides is 2. The highest BCUT2D eigenvalue weighted by Gasteiger charge is 2.39. The number of hydrogen-bond acceptors (Lipinski definition) is 8. The molecular formula is C39H64N2O8. The second-order valence-electron chi connectivity index (χ2n) is 14.6.